The van der Waals surface area contributed by atoms with Crippen LogP contribution >= 0.6 is 12.6 Å². The van der Waals surface area contributed by atoms with E-state index < -0.39 is 18.0 Å². The lowest BCUT2D eigenvalue weighted by Crippen LogP contribution is -2.42. The summed E-state index contributed by atoms with van der Waals surface area (Å²) in [4.78, 5) is 32.4. The lowest BCUT2D eigenvalue weighted by Gasteiger charge is -2.11. The molecule has 3 N–H and O–H groups in total. The first-order chi connectivity index (χ1) is 16.4. The van der Waals surface area contributed by atoms with Crippen molar-refractivity contribution >= 4 is 30.5 Å². The molecule has 0 aliphatic heterocycles. The topological polar surface area (TPSA) is 104 Å². The highest BCUT2D eigenvalue weighted by molar-refractivity contribution is 7.80. The number of thiol groups is 1. The summed E-state index contributed by atoms with van der Waals surface area (Å²) in [6.45, 7) is 4.44. The van der Waals surface area contributed by atoms with Gasteiger partial charge in [-0.3, -0.25) is 9.59 Å². The van der Waals surface area contributed by atoms with Crippen molar-refractivity contribution < 1.29 is 24.6 Å². The minimum absolute atomic E-state index is 0.124. The molecule has 0 bridgehead atoms. The zero-order valence-corrected chi connectivity index (χ0v) is 22.9. The van der Waals surface area contributed by atoms with E-state index in [0.717, 1.165) is 32.1 Å². The van der Waals surface area contributed by atoms with Gasteiger partial charge in [0.1, 0.15) is 6.04 Å². The number of hydrogen-bond acceptors (Lipinski definition) is 4. The third kappa shape index (κ3) is 28.8. The Hall–Kier alpha value is -1.24. The molecule has 0 fully saturated rings. The highest BCUT2D eigenvalue weighted by atomic mass is 32.1. The quantitative estimate of drug-likeness (QED) is 0.0859. The number of rotatable bonds is 23. The van der Waals surface area contributed by atoms with Crippen molar-refractivity contribution in [3.63, 3.8) is 0 Å². The Bertz CT molecular complexity index is 488. The first kappa shape index (κ1) is 34.9. The zero-order valence-electron chi connectivity index (χ0n) is 22.0. The summed E-state index contributed by atoms with van der Waals surface area (Å²) >= 11 is 3.91. The Balaban J connectivity index is 0. The second kappa shape index (κ2) is 28.0. The first-order valence-corrected chi connectivity index (χ1v) is 14.4. The number of nitrogens with one attached hydrogen (secondary N) is 1. The van der Waals surface area contributed by atoms with Crippen molar-refractivity contribution in [3.05, 3.63) is 0 Å². The summed E-state index contributed by atoms with van der Waals surface area (Å²) in [6, 6.07) is -0.871. The van der Waals surface area contributed by atoms with Gasteiger partial charge in [-0.25, -0.2) is 4.79 Å². The monoisotopic (exact) mass is 503 g/mol. The van der Waals surface area contributed by atoms with E-state index >= 15 is 0 Å². The van der Waals surface area contributed by atoms with Gasteiger partial charge in [0.05, 0.1) is 0 Å². The Labute approximate surface area is 214 Å². The molecule has 0 aromatic heterocycles. The van der Waals surface area contributed by atoms with Crippen LogP contribution in [0.3, 0.4) is 0 Å². The number of carbonyl (C=O) groups is 3. The molecule has 0 aromatic rings. The fraction of sp³-hybridized carbons (Fsp3) is 0.889. The Morgan fingerprint density at radius 3 is 1.29 bits per heavy atom. The minimum atomic E-state index is -1.03. The van der Waals surface area contributed by atoms with E-state index in [-0.39, 0.29) is 11.7 Å². The molecular formula is C27H53NO5S. The molecule has 0 saturated carbocycles. The van der Waals surface area contributed by atoms with Gasteiger partial charge in [-0.2, -0.15) is 12.6 Å². The Morgan fingerprint density at radius 1 is 0.618 bits per heavy atom. The molecular weight excluding hydrogens is 450 g/mol. The molecule has 1 amide bonds. The lowest BCUT2D eigenvalue weighted by atomic mass is 10.1. The van der Waals surface area contributed by atoms with Crippen LogP contribution in [0.25, 0.3) is 0 Å². The van der Waals surface area contributed by atoms with Crippen molar-refractivity contribution in [1.82, 2.24) is 5.32 Å². The standard InChI is InChI=1S/C15H29NO3S.C12H24O2/c1-2-3-4-5-6-7-8-9-10-11-14(17)16-13(12-20)15(18)19;1-2-3-4-5-6-7-8-9-10-11-12(13)14/h13,20H,2-12H2,1H3,(H,16,17)(H,18,19);2-11H2,1H3,(H,13,14)/t13-;/m0./s1. The number of carbonyl (C=O) groups excluding carboxylic acids is 1. The summed E-state index contributed by atoms with van der Waals surface area (Å²) < 4.78 is 0. The fourth-order valence-electron chi connectivity index (χ4n) is 3.64. The summed E-state index contributed by atoms with van der Waals surface area (Å²) in [5.74, 6) is -1.75. The highest BCUT2D eigenvalue weighted by Crippen LogP contribution is 2.11. The van der Waals surface area contributed by atoms with Crippen LogP contribution in [0, 0.1) is 0 Å². The average Bonchev–Trinajstić information content (AvgIpc) is 2.80. The third-order valence-corrected chi connectivity index (χ3v) is 6.18. The largest absolute Gasteiger partial charge is 0.481 e. The summed E-state index contributed by atoms with van der Waals surface area (Å²) in [6.07, 6.45) is 22.7. The van der Waals surface area contributed by atoms with E-state index in [2.05, 4.69) is 31.8 Å². The summed E-state index contributed by atoms with van der Waals surface area (Å²) in [5, 5.41) is 19.7. The summed E-state index contributed by atoms with van der Waals surface area (Å²) in [7, 11) is 0. The molecule has 0 aliphatic rings. The Kier molecular flexibility index (Phi) is 28.8. The van der Waals surface area contributed by atoms with Crippen LogP contribution in [-0.4, -0.2) is 39.9 Å². The number of carboxylic acids is 2. The van der Waals surface area contributed by atoms with Crippen LogP contribution in [-0.2, 0) is 14.4 Å². The van der Waals surface area contributed by atoms with Gasteiger partial charge in [-0.1, -0.05) is 117 Å². The predicted octanol–water partition coefficient (Wildman–Crippen LogP) is 7.40. The average molecular weight is 504 g/mol. The molecule has 34 heavy (non-hydrogen) atoms. The number of unbranched alkanes of at least 4 members (excludes halogenated alkanes) is 16. The van der Waals surface area contributed by atoms with Crippen molar-refractivity contribution in [3.8, 4) is 0 Å². The molecule has 0 aromatic carbocycles. The zero-order chi connectivity index (χ0) is 25.9. The number of hydrogen-bond donors (Lipinski definition) is 4. The van der Waals surface area contributed by atoms with Crippen LogP contribution in [0.5, 0.6) is 0 Å². The third-order valence-electron chi connectivity index (χ3n) is 5.82. The molecule has 0 rings (SSSR count). The van der Waals surface area contributed by atoms with Crippen LogP contribution in [0.2, 0.25) is 0 Å². The SMILES string of the molecule is CCCCCCCCCCCC(=O)N[C@@H](CS)C(=O)O.CCCCCCCCCCCC(=O)O. The lowest BCUT2D eigenvalue weighted by molar-refractivity contribution is -0.141. The van der Waals surface area contributed by atoms with Gasteiger partial charge in [0.15, 0.2) is 0 Å². The van der Waals surface area contributed by atoms with Crippen molar-refractivity contribution in [2.24, 2.45) is 0 Å². The summed E-state index contributed by atoms with van der Waals surface area (Å²) in [5.41, 5.74) is 0. The molecule has 0 aliphatic carbocycles. The highest BCUT2D eigenvalue weighted by Gasteiger charge is 2.17. The van der Waals surface area contributed by atoms with Crippen LogP contribution < -0.4 is 5.32 Å². The van der Waals surface area contributed by atoms with E-state index in [1.807, 2.05) is 0 Å². The normalized spacial score (nSPS) is 11.4. The molecule has 7 heteroatoms. The van der Waals surface area contributed by atoms with Gasteiger partial charge in [0.2, 0.25) is 5.91 Å². The maximum atomic E-state index is 11.5. The molecule has 1 atom stereocenters. The van der Waals surface area contributed by atoms with E-state index in [4.69, 9.17) is 10.2 Å². The van der Waals surface area contributed by atoms with E-state index in [0.29, 0.717) is 12.8 Å². The molecule has 202 valence electrons. The predicted molar refractivity (Wildman–Crippen MR) is 145 cm³/mol. The maximum absolute atomic E-state index is 11.5. The number of aliphatic carboxylic acids is 2. The fourth-order valence-corrected chi connectivity index (χ4v) is 3.88. The first-order valence-electron chi connectivity index (χ1n) is 13.7. The molecule has 0 unspecified atom stereocenters. The maximum Gasteiger partial charge on any atom is 0.327 e. The van der Waals surface area contributed by atoms with Gasteiger partial charge in [-0.15, -0.1) is 0 Å². The van der Waals surface area contributed by atoms with E-state index in [1.165, 1.54) is 83.5 Å². The number of amides is 1. The Morgan fingerprint density at radius 2 is 0.971 bits per heavy atom. The second-order valence-electron chi connectivity index (χ2n) is 9.19. The van der Waals surface area contributed by atoms with E-state index in [1.54, 1.807) is 0 Å². The van der Waals surface area contributed by atoms with E-state index in [9.17, 15) is 14.4 Å². The van der Waals surface area contributed by atoms with Crippen LogP contribution in [0.4, 0.5) is 0 Å². The van der Waals surface area contributed by atoms with Crippen LogP contribution in [0.1, 0.15) is 142 Å². The molecule has 6 nitrogen and oxygen atoms in total. The second-order valence-corrected chi connectivity index (χ2v) is 9.56. The smallest absolute Gasteiger partial charge is 0.327 e. The van der Waals surface area contributed by atoms with Gasteiger partial charge in [-0.05, 0) is 12.8 Å². The van der Waals surface area contributed by atoms with Gasteiger partial charge in [0, 0.05) is 18.6 Å². The van der Waals surface area contributed by atoms with Gasteiger partial charge >= 0.3 is 11.9 Å². The van der Waals surface area contributed by atoms with Gasteiger partial charge < -0.3 is 15.5 Å². The molecule has 0 spiro atoms. The molecule has 0 saturated heterocycles. The number of carboxylic acid groups (broad SMARTS) is 2. The molecule has 0 radical (unpaired) electrons. The van der Waals surface area contributed by atoms with Crippen LogP contribution in [0.15, 0.2) is 0 Å². The van der Waals surface area contributed by atoms with Crippen molar-refractivity contribution in [2.75, 3.05) is 5.75 Å². The van der Waals surface area contributed by atoms with Crippen molar-refractivity contribution in [2.45, 2.75) is 148 Å². The van der Waals surface area contributed by atoms with Gasteiger partial charge in [0.25, 0.3) is 0 Å². The minimum Gasteiger partial charge on any atom is -0.481 e. The molecule has 0 heterocycles. The van der Waals surface area contributed by atoms with Crippen molar-refractivity contribution in [1.29, 1.82) is 0 Å².